The van der Waals surface area contributed by atoms with Gasteiger partial charge in [-0.1, -0.05) is 41.9 Å². The lowest BCUT2D eigenvalue weighted by Crippen LogP contribution is -2.39. The van der Waals surface area contributed by atoms with Gasteiger partial charge in [-0.3, -0.25) is 4.79 Å². The topological polar surface area (TPSA) is 64.1 Å². The van der Waals surface area contributed by atoms with Gasteiger partial charge in [0.05, 0.1) is 17.4 Å². The molecule has 0 unspecified atom stereocenters. The number of carbonyl (C=O) groups excluding carboxylic acids is 1. The molecule has 1 N–H and O–H groups in total. The first kappa shape index (κ1) is 19.6. The van der Waals surface area contributed by atoms with E-state index in [0.29, 0.717) is 17.5 Å². The van der Waals surface area contributed by atoms with Gasteiger partial charge < -0.3 is 10.1 Å². The maximum Gasteiger partial charge on any atom is 0.316 e. The van der Waals surface area contributed by atoms with Crippen molar-refractivity contribution in [1.29, 1.82) is 0 Å². The molecule has 6 heteroatoms. The lowest BCUT2D eigenvalue weighted by molar-refractivity contribution is -0.122. The van der Waals surface area contributed by atoms with Crippen LogP contribution in [-0.4, -0.2) is 28.0 Å². The zero-order valence-electron chi connectivity index (χ0n) is 15.4. The smallest absolute Gasteiger partial charge is 0.316 e. The highest BCUT2D eigenvalue weighted by Crippen LogP contribution is 2.22. The summed E-state index contributed by atoms with van der Waals surface area (Å²) in [5, 5.41) is 3.66. The minimum Gasteiger partial charge on any atom is -0.460 e. The molecule has 144 valence electrons. The summed E-state index contributed by atoms with van der Waals surface area (Å²) >= 11 is 5.78. The van der Waals surface area contributed by atoms with Crippen LogP contribution < -0.4 is 10.1 Å². The first-order chi connectivity index (χ1) is 13.2. The van der Waals surface area contributed by atoms with Crippen LogP contribution in [0.25, 0.3) is 0 Å². The molecule has 0 bridgehead atoms. The number of carbonyl (C=O) groups is 1. The molecule has 1 aromatic carbocycles. The maximum atomic E-state index is 12.2. The Morgan fingerprint density at radius 3 is 2.48 bits per heavy atom. The molecule has 2 aromatic rings. The van der Waals surface area contributed by atoms with E-state index in [0.717, 1.165) is 44.9 Å². The molecule has 27 heavy (non-hydrogen) atoms. The van der Waals surface area contributed by atoms with Crippen LogP contribution in [0.3, 0.4) is 0 Å². The Balaban J connectivity index is 1.29. The molecule has 1 saturated carbocycles. The number of nitrogens with zero attached hydrogens (tertiary/aromatic N) is 2. The number of hydrogen-bond donors (Lipinski definition) is 1. The van der Waals surface area contributed by atoms with Crippen LogP contribution in [0, 0.1) is 0 Å². The Hall–Kier alpha value is -2.14. The molecule has 0 atom stereocenters. The Labute approximate surface area is 165 Å². The van der Waals surface area contributed by atoms with E-state index in [1.807, 2.05) is 6.07 Å². The van der Waals surface area contributed by atoms with E-state index < -0.39 is 0 Å². The van der Waals surface area contributed by atoms with Crippen molar-refractivity contribution in [3.63, 3.8) is 0 Å². The van der Waals surface area contributed by atoms with Gasteiger partial charge in [-0.05, 0) is 50.5 Å². The van der Waals surface area contributed by atoms with Crippen LogP contribution in [0.4, 0.5) is 0 Å². The van der Waals surface area contributed by atoms with Crippen LogP contribution >= 0.6 is 11.6 Å². The normalized spacial score (nSPS) is 19.4. The molecule has 1 amide bonds. The number of halogens is 1. The molecule has 1 aliphatic carbocycles. The summed E-state index contributed by atoms with van der Waals surface area (Å²) in [7, 11) is 0. The van der Waals surface area contributed by atoms with Crippen LogP contribution in [0.1, 0.15) is 50.5 Å². The van der Waals surface area contributed by atoms with Gasteiger partial charge in [0.2, 0.25) is 5.91 Å². The summed E-state index contributed by atoms with van der Waals surface area (Å²) in [6.45, 7) is 0. The van der Waals surface area contributed by atoms with E-state index in [4.69, 9.17) is 16.3 Å². The Morgan fingerprint density at radius 2 is 1.78 bits per heavy atom. The second kappa shape index (κ2) is 10.3. The third-order valence-electron chi connectivity index (χ3n) is 4.87. The number of unbranched alkanes of at least 4 members (excludes halogenated alkanes) is 1. The van der Waals surface area contributed by atoms with Crippen LogP contribution in [-0.2, 0) is 11.2 Å². The Bertz CT molecular complexity index is 701. The molecule has 3 rings (SSSR count). The van der Waals surface area contributed by atoms with Crippen molar-refractivity contribution in [3.05, 3.63) is 53.3 Å². The third kappa shape index (κ3) is 6.83. The maximum absolute atomic E-state index is 12.2. The SMILES string of the molecule is O=C(CCCCc1ccccc1)NC1CCC(Oc2ncc(Cl)cn2)CC1. The highest BCUT2D eigenvalue weighted by Gasteiger charge is 2.24. The Morgan fingerprint density at radius 1 is 1.07 bits per heavy atom. The van der Waals surface area contributed by atoms with E-state index in [2.05, 4.69) is 39.6 Å². The molecule has 1 fully saturated rings. The van der Waals surface area contributed by atoms with Gasteiger partial charge in [-0.2, -0.15) is 0 Å². The second-order valence-corrected chi connectivity index (χ2v) is 7.47. The first-order valence-electron chi connectivity index (χ1n) is 9.66. The molecule has 0 saturated heterocycles. The number of amides is 1. The summed E-state index contributed by atoms with van der Waals surface area (Å²) in [6, 6.07) is 11.0. The van der Waals surface area contributed by atoms with Gasteiger partial charge in [0, 0.05) is 12.5 Å². The second-order valence-electron chi connectivity index (χ2n) is 7.04. The highest BCUT2D eigenvalue weighted by atomic mass is 35.5. The zero-order valence-corrected chi connectivity index (χ0v) is 16.2. The molecule has 1 heterocycles. The fourth-order valence-electron chi connectivity index (χ4n) is 3.39. The van der Waals surface area contributed by atoms with Gasteiger partial charge >= 0.3 is 6.01 Å². The minimum atomic E-state index is 0.102. The number of ether oxygens (including phenoxy) is 1. The van der Waals surface area contributed by atoms with Crippen molar-refractivity contribution < 1.29 is 9.53 Å². The van der Waals surface area contributed by atoms with E-state index in [-0.39, 0.29) is 18.1 Å². The highest BCUT2D eigenvalue weighted by molar-refractivity contribution is 6.30. The standard InChI is InChI=1S/C21H26ClN3O2/c22-17-14-23-21(24-15-17)27-19-12-10-18(11-13-19)25-20(26)9-5-4-8-16-6-2-1-3-7-16/h1-3,6-7,14-15,18-19H,4-5,8-13H2,(H,25,26). The number of hydrogen-bond acceptors (Lipinski definition) is 4. The number of benzene rings is 1. The number of aryl methyl sites for hydroxylation is 1. The van der Waals surface area contributed by atoms with Crippen molar-refractivity contribution in [2.24, 2.45) is 0 Å². The number of rotatable bonds is 8. The van der Waals surface area contributed by atoms with Crippen molar-refractivity contribution in [2.45, 2.75) is 63.5 Å². The van der Waals surface area contributed by atoms with Crippen LogP contribution in [0.5, 0.6) is 6.01 Å². The lowest BCUT2D eigenvalue weighted by Gasteiger charge is -2.28. The average Bonchev–Trinajstić information content (AvgIpc) is 2.69. The molecular formula is C21H26ClN3O2. The largest absolute Gasteiger partial charge is 0.460 e. The van der Waals surface area contributed by atoms with Crippen molar-refractivity contribution in [1.82, 2.24) is 15.3 Å². The predicted octanol–water partition coefficient (Wildman–Crippen LogP) is 4.35. The van der Waals surface area contributed by atoms with Crippen molar-refractivity contribution in [2.75, 3.05) is 0 Å². The lowest BCUT2D eigenvalue weighted by atomic mass is 9.93. The van der Waals surface area contributed by atoms with Crippen LogP contribution in [0.15, 0.2) is 42.7 Å². The summed E-state index contributed by atoms with van der Waals surface area (Å²) in [5.41, 5.74) is 1.33. The predicted molar refractivity (Wildman–Crippen MR) is 106 cm³/mol. The van der Waals surface area contributed by atoms with Crippen molar-refractivity contribution in [3.8, 4) is 6.01 Å². The molecule has 0 spiro atoms. The van der Waals surface area contributed by atoms with Gasteiger partial charge in [0.1, 0.15) is 6.10 Å². The Kier molecular flexibility index (Phi) is 7.45. The third-order valence-corrected chi connectivity index (χ3v) is 5.07. The summed E-state index contributed by atoms with van der Waals surface area (Å²) in [6.07, 6.45) is 10.4. The van der Waals surface area contributed by atoms with E-state index in [9.17, 15) is 4.79 Å². The summed E-state index contributed by atoms with van der Waals surface area (Å²) in [5.74, 6) is 0.161. The fourth-order valence-corrected chi connectivity index (χ4v) is 3.49. The molecule has 0 aliphatic heterocycles. The fraction of sp³-hybridized carbons (Fsp3) is 0.476. The number of nitrogens with one attached hydrogen (secondary N) is 1. The monoisotopic (exact) mass is 387 g/mol. The molecule has 5 nitrogen and oxygen atoms in total. The van der Waals surface area contributed by atoms with Crippen molar-refractivity contribution >= 4 is 17.5 Å². The molecule has 0 radical (unpaired) electrons. The van der Waals surface area contributed by atoms with Gasteiger partial charge in [0.15, 0.2) is 0 Å². The quantitative estimate of drug-likeness (QED) is 0.684. The first-order valence-corrected chi connectivity index (χ1v) is 10.0. The van der Waals surface area contributed by atoms with E-state index >= 15 is 0 Å². The van der Waals surface area contributed by atoms with Gasteiger partial charge in [-0.15, -0.1) is 0 Å². The van der Waals surface area contributed by atoms with E-state index in [1.54, 1.807) is 0 Å². The number of aromatic nitrogens is 2. The van der Waals surface area contributed by atoms with E-state index in [1.165, 1.54) is 18.0 Å². The molecule has 1 aromatic heterocycles. The minimum absolute atomic E-state index is 0.102. The van der Waals surface area contributed by atoms with Crippen LogP contribution in [0.2, 0.25) is 5.02 Å². The average molecular weight is 388 g/mol. The molecular weight excluding hydrogens is 362 g/mol. The molecule has 1 aliphatic rings. The zero-order chi connectivity index (χ0) is 18.9. The van der Waals surface area contributed by atoms with Gasteiger partial charge in [0.25, 0.3) is 0 Å². The summed E-state index contributed by atoms with van der Waals surface area (Å²) in [4.78, 5) is 20.3. The van der Waals surface area contributed by atoms with Gasteiger partial charge in [-0.25, -0.2) is 9.97 Å². The summed E-state index contributed by atoms with van der Waals surface area (Å²) < 4.78 is 5.79.